The molecule has 1 fully saturated rings. The molecule has 6 rings (SSSR count). The first-order chi connectivity index (χ1) is 19.2. The van der Waals surface area contributed by atoms with Crippen LogP contribution in [0.3, 0.4) is 0 Å². The van der Waals surface area contributed by atoms with Crippen molar-refractivity contribution in [1.29, 1.82) is 0 Å². The fraction of sp³-hybridized carbons (Fsp3) is 0.290. The molecule has 2 aliphatic carbocycles. The Morgan fingerprint density at radius 3 is 2.38 bits per heavy atom. The predicted octanol–water partition coefficient (Wildman–Crippen LogP) is 4.49. The van der Waals surface area contributed by atoms with Gasteiger partial charge in [-0.15, -0.1) is 11.3 Å². The van der Waals surface area contributed by atoms with E-state index in [9.17, 15) is 14.7 Å². The quantitative estimate of drug-likeness (QED) is 0.219. The number of thiophene rings is 1. The van der Waals surface area contributed by atoms with E-state index in [4.69, 9.17) is 21.9 Å². The summed E-state index contributed by atoms with van der Waals surface area (Å²) in [5, 5.41) is 14.4. The summed E-state index contributed by atoms with van der Waals surface area (Å²) < 4.78 is 6.57. The molecule has 4 aromatic rings. The second-order valence-electron chi connectivity index (χ2n) is 10.8. The molecular weight excluding hydrogens is 524 g/mol. The molecule has 206 valence electrons. The van der Waals surface area contributed by atoms with Crippen LogP contribution in [0, 0.1) is 0 Å². The fourth-order valence-electron chi connectivity index (χ4n) is 5.97. The van der Waals surface area contributed by atoms with Crippen molar-refractivity contribution in [2.24, 2.45) is 11.5 Å². The average Bonchev–Trinajstić information content (AvgIpc) is 3.38. The first kappa shape index (κ1) is 26.5. The zero-order chi connectivity index (χ0) is 28.1. The SMILES string of the molecule is Nc1ccc2c3c(c(C(=O)NCC4(O)CCCCC4)sc13)C(N)C(=O)C2(N)c1ccc(Oc2ccccc2)cc1. The van der Waals surface area contributed by atoms with E-state index in [0.717, 1.165) is 19.3 Å². The Hall–Kier alpha value is -3.76. The zero-order valence-electron chi connectivity index (χ0n) is 22.0. The van der Waals surface area contributed by atoms with Crippen molar-refractivity contribution in [3.63, 3.8) is 0 Å². The molecule has 8 nitrogen and oxygen atoms in total. The molecule has 0 aliphatic heterocycles. The van der Waals surface area contributed by atoms with Gasteiger partial charge in [-0.25, -0.2) is 0 Å². The number of benzene rings is 3. The Morgan fingerprint density at radius 1 is 1.00 bits per heavy atom. The van der Waals surface area contributed by atoms with Gasteiger partial charge in [0.1, 0.15) is 17.0 Å². The first-order valence-electron chi connectivity index (χ1n) is 13.5. The van der Waals surface area contributed by atoms with Gasteiger partial charge < -0.3 is 32.4 Å². The molecule has 0 spiro atoms. The van der Waals surface area contributed by atoms with Crippen LogP contribution in [0.1, 0.15) is 64.5 Å². The maximum absolute atomic E-state index is 14.0. The van der Waals surface area contributed by atoms with Gasteiger partial charge in [-0.1, -0.05) is 55.7 Å². The van der Waals surface area contributed by atoms with Crippen LogP contribution in [0.5, 0.6) is 11.5 Å². The highest BCUT2D eigenvalue weighted by Crippen LogP contribution is 2.49. The number of carbonyl (C=O) groups is 2. The largest absolute Gasteiger partial charge is 0.457 e. The van der Waals surface area contributed by atoms with E-state index in [2.05, 4.69) is 5.32 Å². The third-order valence-corrected chi connectivity index (χ3v) is 9.42. The summed E-state index contributed by atoms with van der Waals surface area (Å²) in [6.45, 7) is 0.142. The topological polar surface area (TPSA) is 154 Å². The van der Waals surface area contributed by atoms with Crippen LogP contribution in [-0.4, -0.2) is 28.9 Å². The number of carbonyl (C=O) groups excluding carboxylic acids is 2. The monoisotopic (exact) mass is 556 g/mol. The molecule has 0 radical (unpaired) electrons. The molecule has 2 unspecified atom stereocenters. The fourth-order valence-corrected chi connectivity index (χ4v) is 7.19. The number of ketones is 1. The van der Waals surface area contributed by atoms with Crippen molar-refractivity contribution in [1.82, 2.24) is 5.32 Å². The van der Waals surface area contributed by atoms with Gasteiger partial charge in [-0.05, 0) is 54.3 Å². The lowest BCUT2D eigenvalue weighted by molar-refractivity contribution is -0.124. The van der Waals surface area contributed by atoms with Gasteiger partial charge in [-0.2, -0.15) is 0 Å². The van der Waals surface area contributed by atoms with Gasteiger partial charge in [0.2, 0.25) is 0 Å². The lowest BCUT2D eigenvalue weighted by Crippen LogP contribution is -2.52. The van der Waals surface area contributed by atoms with Gasteiger partial charge >= 0.3 is 0 Å². The van der Waals surface area contributed by atoms with Crippen LogP contribution < -0.4 is 27.3 Å². The Labute approximate surface area is 236 Å². The van der Waals surface area contributed by atoms with Crippen LogP contribution in [0.15, 0.2) is 66.7 Å². The number of anilines is 1. The van der Waals surface area contributed by atoms with Crippen molar-refractivity contribution in [3.05, 3.63) is 88.3 Å². The molecule has 1 aromatic heterocycles. The van der Waals surface area contributed by atoms with Gasteiger partial charge in [-0.3, -0.25) is 9.59 Å². The van der Waals surface area contributed by atoms with E-state index in [0.29, 0.717) is 61.7 Å². The molecule has 0 bridgehead atoms. The van der Waals surface area contributed by atoms with Gasteiger partial charge in [0.15, 0.2) is 5.78 Å². The van der Waals surface area contributed by atoms with Crippen LogP contribution in [0.25, 0.3) is 10.1 Å². The molecule has 1 heterocycles. The number of para-hydroxylation sites is 1. The maximum atomic E-state index is 14.0. The number of hydrogen-bond acceptors (Lipinski definition) is 8. The molecule has 2 aliphatic rings. The van der Waals surface area contributed by atoms with Gasteiger partial charge in [0.05, 0.1) is 21.2 Å². The Bertz CT molecular complexity index is 1600. The number of nitrogen functional groups attached to an aromatic ring is 1. The van der Waals surface area contributed by atoms with E-state index in [1.165, 1.54) is 11.3 Å². The number of aliphatic hydroxyl groups is 1. The van der Waals surface area contributed by atoms with Crippen molar-refractivity contribution >= 4 is 38.8 Å². The van der Waals surface area contributed by atoms with Crippen molar-refractivity contribution < 1.29 is 19.4 Å². The minimum absolute atomic E-state index is 0.142. The Balaban J connectivity index is 1.38. The maximum Gasteiger partial charge on any atom is 0.261 e. The summed E-state index contributed by atoms with van der Waals surface area (Å²) in [6, 6.07) is 18.8. The van der Waals surface area contributed by atoms with Crippen LogP contribution in [0.4, 0.5) is 5.69 Å². The van der Waals surface area contributed by atoms with E-state index in [1.54, 1.807) is 36.4 Å². The second kappa shape index (κ2) is 10.0. The van der Waals surface area contributed by atoms with Crippen molar-refractivity contribution in [3.8, 4) is 11.5 Å². The number of Topliss-reactive ketones (excluding diaryl/α,β-unsaturated/α-hetero) is 1. The van der Waals surface area contributed by atoms with E-state index in [1.807, 2.05) is 30.3 Å². The molecule has 2 atom stereocenters. The minimum Gasteiger partial charge on any atom is -0.457 e. The van der Waals surface area contributed by atoms with Crippen LogP contribution >= 0.6 is 11.3 Å². The van der Waals surface area contributed by atoms with Crippen molar-refractivity contribution in [2.45, 2.75) is 49.3 Å². The van der Waals surface area contributed by atoms with Gasteiger partial charge in [0, 0.05) is 23.2 Å². The summed E-state index contributed by atoms with van der Waals surface area (Å²) in [5.41, 5.74) is 19.4. The van der Waals surface area contributed by atoms with Gasteiger partial charge in [0.25, 0.3) is 5.91 Å². The first-order valence-corrected chi connectivity index (χ1v) is 14.3. The molecule has 1 saturated carbocycles. The molecule has 0 saturated heterocycles. The number of rotatable bonds is 6. The van der Waals surface area contributed by atoms with E-state index < -0.39 is 23.0 Å². The molecular formula is C31H32N4O4S. The second-order valence-corrected chi connectivity index (χ2v) is 11.8. The highest BCUT2D eigenvalue weighted by molar-refractivity contribution is 7.21. The number of nitrogens with two attached hydrogens (primary N) is 3. The highest BCUT2D eigenvalue weighted by Gasteiger charge is 2.48. The molecule has 40 heavy (non-hydrogen) atoms. The normalized spacial score (nSPS) is 21.8. The number of nitrogens with one attached hydrogen (secondary N) is 1. The number of hydrogen-bond donors (Lipinski definition) is 5. The third-order valence-electron chi connectivity index (χ3n) is 8.17. The predicted molar refractivity (Wildman–Crippen MR) is 156 cm³/mol. The Morgan fingerprint density at radius 2 is 1.68 bits per heavy atom. The summed E-state index contributed by atoms with van der Waals surface area (Å²) in [6.07, 6.45) is 4.23. The number of ether oxygens (including phenoxy) is 1. The van der Waals surface area contributed by atoms with E-state index >= 15 is 0 Å². The third kappa shape index (κ3) is 4.35. The lowest BCUT2D eigenvalue weighted by atomic mass is 9.70. The molecule has 8 N–H and O–H groups in total. The summed E-state index contributed by atoms with van der Waals surface area (Å²) in [4.78, 5) is 27.7. The summed E-state index contributed by atoms with van der Waals surface area (Å²) >= 11 is 1.20. The van der Waals surface area contributed by atoms with Crippen LogP contribution in [0.2, 0.25) is 0 Å². The lowest BCUT2D eigenvalue weighted by Gasteiger charge is -2.36. The average molecular weight is 557 g/mol. The highest BCUT2D eigenvalue weighted by atomic mass is 32.1. The van der Waals surface area contributed by atoms with Crippen molar-refractivity contribution in [2.75, 3.05) is 12.3 Å². The standard InChI is InChI=1S/C31H32N4O4S/c32-22-14-13-21-23-24(27(40-26(22)23)29(37)35-17-30(38)15-5-2-6-16-30)25(33)28(36)31(21,34)18-9-11-20(12-10-18)39-19-7-3-1-4-8-19/h1,3-4,7-14,25,38H,2,5-6,15-17,32-34H2,(H,35,37). The smallest absolute Gasteiger partial charge is 0.261 e. The van der Waals surface area contributed by atoms with Crippen LogP contribution in [-0.2, 0) is 10.3 Å². The molecule has 3 aromatic carbocycles. The van der Waals surface area contributed by atoms with E-state index in [-0.39, 0.29) is 12.5 Å². The molecule has 1 amide bonds. The molecule has 9 heteroatoms. The Kier molecular flexibility index (Phi) is 6.62. The summed E-state index contributed by atoms with van der Waals surface area (Å²) in [5.74, 6) is 0.498. The summed E-state index contributed by atoms with van der Waals surface area (Å²) in [7, 11) is 0. The number of amides is 1. The minimum atomic E-state index is -1.55. The zero-order valence-corrected chi connectivity index (χ0v) is 22.8.